The highest BCUT2D eigenvalue weighted by molar-refractivity contribution is 9.10. The van der Waals surface area contributed by atoms with Crippen molar-refractivity contribution in [1.29, 1.82) is 0 Å². The second kappa shape index (κ2) is 5.85. The molecule has 1 aliphatic rings. The molecule has 92 valence electrons. The van der Waals surface area contributed by atoms with Crippen LogP contribution in [0.15, 0.2) is 22.7 Å². The van der Waals surface area contributed by atoms with Crippen LogP contribution >= 0.6 is 27.5 Å². The van der Waals surface area contributed by atoms with E-state index in [4.69, 9.17) is 16.3 Å². The zero-order valence-electron chi connectivity index (χ0n) is 9.21. The molecule has 0 radical (unpaired) electrons. The van der Waals surface area contributed by atoms with Crippen LogP contribution in [-0.4, -0.2) is 25.2 Å². The lowest BCUT2D eigenvalue weighted by atomic mass is 10.1. The molecular formula is C12H13BrClNO2. The maximum absolute atomic E-state index is 11.9. The molecule has 17 heavy (non-hydrogen) atoms. The van der Waals surface area contributed by atoms with E-state index in [2.05, 4.69) is 21.2 Å². The van der Waals surface area contributed by atoms with Gasteiger partial charge in [0.05, 0.1) is 17.7 Å². The van der Waals surface area contributed by atoms with Crippen LogP contribution in [0.5, 0.6) is 0 Å². The number of ether oxygens (including phenoxy) is 1. The van der Waals surface area contributed by atoms with Crippen molar-refractivity contribution < 1.29 is 9.53 Å². The van der Waals surface area contributed by atoms with Crippen LogP contribution in [0.4, 0.5) is 0 Å². The summed E-state index contributed by atoms with van der Waals surface area (Å²) in [7, 11) is 0. The fraction of sp³-hybridized carbons (Fsp3) is 0.417. The Bertz CT molecular complexity index is 419. The van der Waals surface area contributed by atoms with Gasteiger partial charge >= 0.3 is 0 Å². The van der Waals surface area contributed by atoms with E-state index >= 15 is 0 Å². The Morgan fingerprint density at radius 3 is 3.00 bits per heavy atom. The molecule has 5 heteroatoms. The van der Waals surface area contributed by atoms with Crippen LogP contribution in [0.1, 0.15) is 23.2 Å². The lowest BCUT2D eigenvalue weighted by molar-refractivity contribution is 0.0624. The van der Waals surface area contributed by atoms with E-state index in [0.717, 1.165) is 23.9 Å². The molecule has 1 fully saturated rings. The predicted octanol–water partition coefficient (Wildman–Crippen LogP) is 3.01. The van der Waals surface area contributed by atoms with Crippen molar-refractivity contribution in [3.63, 3.8) is 0 Å². The summed E-state index contributed by atoms with van der Waals surface area (Å²) in [5.41, 5.74) is 0.604. The van der Waals surface area contributed by atoms with Crippen molar-refractivity contribution >= 4 is 33.4 Å². The van der Waals surface area contributed by atoms with Gasteiger partial charge in [-0.2, -0.15) is 0 Å². The summed E-state index contributed by atoms with van der Waals surface area (Å²) < 4.78 is 6.05. The number of carbonyl (C=O) groups is 1. The van der Waals surface area contributed by atoms with Crippen LogP contribution in [-0.2, 0) is 4.74 Å². The molecule has 3 nitrogen and oxygen atoms in total. The SMILES string of the molecule is O=C(NC1CCCOC1)c1ccc(Cl)c(Br)c1. The van der Waals surface area contributed by atoms with Gasteiger partial charge in [0.1, 0.15) is 0 Å². The molecule has 0 spiro atoms. The molecule has 1 aromatic carbocycles. The third-order valence-corrected chi connectivity index (χ3v) is 3.89. The van der Waals surface area contributed by atoms with Gasteiger partial charge < -0.3 is 10.1 Å². The van der Waals surface area contributed by atoms with Gasteiger partial charge in [-0.05, 0) is 47.0 Å². The Morgan fingerprint density at radius 1 is 1.53 bits per heavy atom. The van der Waals surface area contributed by atoms with Crippen molar-refractivity contribution in [2.75, 3.05) is 13.2 Å². The molecule has 1 saturated heterocycles. The second-order valence-electron chi connectivity index (χ2n) is 4.02. The van der Waals surface area contributed by atoms with Gasteiger partial charge in [0, 0.05) is 16.6 Å². The summed E-state index contributed by atoms with van der Waals surface area (Å²) in [6, 6.07) is 5.26. The minimum absolute atomic E-state index is 0.0853. The van der Waals surface area contributed by atoms with E-state index < -0.39 is 0 Å². The molecule has 1 heterocycles. The molecule has 2 rings (SSSR count). The Balaban J connectivity index is 2.01. The van der Waals surface area contributed by atoms with Crippen LogP contribution in [0.2, 0.25) is 5.02 Å². The van der Waals surface area contributed by atoms with Gasteiger partial charge in [-0.1, -0.05) is 11.6 Å². The number of amides is 1. The maximum Gasteiger partial charge on any atom is 0.251 e. The van der Waals surface area contributed by atoms with E-state index in [1.165, 1.54) is 0 Å². The molecule has 1 unspecified atom stereocenters. The summed E-state index contributed by atoms with van der Waals surface area (Å²) in [6.45, 7) is 1.39. The number of carbonyl (C=O) groups excluding carboxylic acids is 1. The number of nitrogens with one attached hydrogen (secondary N) is 1. The number of benzene rings is 1. The Hall–Kier alpha value is -0.580. The highest BCUT2D eigenvalue weighted by Gasteiger charge is 2.17. The topological polar surface area (TPSA) is 38.3 Å². The minimum atomic E-state index is -0.0853. The smallest absolute Gasteiger partial charge is 0.251 e. The minimum Gasteiger partial charge on any atom is -0.379 e. The van der Waals surface area contributed by atoms with E-state index in [9.17, 15) is 4.79 Å². The van der Waals surface area contributed by atoms with E-state index in [1.54, 1.807) is 18.2 Å². The third kappa shape index (κ3) is 3.44. The summed E-state index contributed by atoms with van der Waals surface area (Å²) in [5.74, 6) is -0.0853. The Kier molecular flexibility index (Phi) is 4.42. The largest absolute Gasteiger partial charge is 0.379 e. The summed E-state index contributed by atoms with van der Waals surface area (Å²) >= 11 is 9.18. The molecule has 0 aromatic heterocycles. The second-order valence-corrected chi connectivity index (χ2v) is 5.28. The van der Waals surface area contributed by atoms with Crippen LogP contribution in [0.3, 0.4) is 0 Å². The van der Waals surface area contributed by atoms with E-state index in [0.29, 0.717) is 17.2 Å². The van der Waals surface area contributed by atoms with Gasteiger partial charge in [-0.3, -0.25) is 4.79 Å². The highest BCUT2D eigenvalue weighted by Crippen LogP contribution is 2.23. The Labute approximate surface area is 114 Å². The van der Waals surface area contributed by atoms with Crippen molar-refractivity contribution in [3.05, 3.63) is 33.3 Å². The zero-order valence-corrected chi connectivity index (χ0v) is 11.6. The number of hydrogen-bond acceptors (Lipinski definition) is 2. The first kappa shape index (κ1) is 12.9. The van der Waals surface area contributed by atoms with Gasteiger partial charge in [-0.15, -0.1) is 0 Å². The molecule has 0 aliphatic carbocycles. The average molecular weight is 319 g/mol. The molecule has 1 aromatic rings. The molecule has 0 saturated carbocycles. The molecule has 1 amide bonds. The van der Waals surface area contributed by atoms with Crippen LogP contribution in [0.25, 0.3) is 0 Å². The lowest BCUT2D eigenvalue weighted by Crippen LogP contribution is -2.40. The van der Waals surface area contributed by atoms with Gasteiger partial charge in [0.15, 0.2) is 0 Å². The van der Waals surface area contributed by atoms with E-state index in [-0.39, 0.29) is 11.9 Å². The van der Waals surface area contributed by atoms with Gasteiger partial charge in [0.25, 0.3) is 5.91 Å². The van der Waals surface area contributed by atoms with E-state index in [1.807, 2.05) is 0 Å². The van der Waals surface area contributed by atoms with Gasteiger partial charge in [-0.25, -0.2) is 0 Å². The number of halogens is 2. The predicted molar refractivity (Wildman–Crippen MR) is 70.5 cm³/mol. The quantitative estimate of drug-likeness (QED) is 0.910. The maximum atomic E-state index is 11.9. The molecule has 1 atom stereocenters. The Morgan fingerprint density at radius 2 is 2.35 bits per heavy atom. The molecular weight excluding hydrogens is 305 g/mol. The van der Waals surface area contributed by atoms with Crippen molar-refractivity contribution in [2.45, 2.75) is 18.9 Å². The van der Waals surface area contributed by atoms with Crippen LogP contribution in [0, 0.1) is 0 Å². The number of hydrogen-bond donors (Lipinski definition) is 1. The summed E-state index contributed by atoms with van der Waals surface area (Å²) in [4.78, 5) is 11.9. The molecule has 0 bridgehead atoms. The normalized spacial score (nSPS) is 20.0. The first-order chi connectivity index (χ1) is 8.16. The summed E-state index contributed by atoms with van der Waals surface area (Å²) in [5, 5.41) is 3.55. The number of rotatable bonds is 2. The standard InChI is InChI=1S/C12H13BrClNO2/c13-10-6-8(3-4-11(10)14)12(16)15-9-2-1-5-17-7-9/h3-4,6,9H,1-2,5,7H2,(H,15,16). The zero-order chi connectivity index (χ0) is 12.3. The first-order valence-corrected chi connectivity index (χ1v) is 6.67. The third-order valence-electron chi connectivity index (χ3n) is 2.68. The monoisotopic (exact) mass is 317 g/mol. The summed E-state index contributed by atoms with van der Waals surface area (Å²) in [6.07, 6.45) is 1.97. The average Bonchev–Trinajstić information content (AvgIpc) is 2.34. The van der Waals surface area contributed by atoms with Crippen molar-refractivity contribution in [1.82, 2.24) is 5.32 Å². The fourth-order valence-electron chi connectivity index (χ4n) is 1.76. The highest BCUT2D eigenvalue weighted by atomic mass is 79.9. The van der Waals surface area contributed by atoms with Gasteiger partial charge in [0.2, 0.25) is 0 Å². The molecule has 1 N–H and O–H groups in total. The molecule has 1 aliphatic heterocycles. The first-order valence-electron chi connectivity index (χ1n) is 5.50. The fourth-order valence-corrected chi connectivity index (χ4v) is 2.26. The van der Waals surface area contributed by atoms with Crippen molar-refractivity contribution in [3.8, 4) is 0 Å². The van der Waals surface area contributed by atoms with Crippen molar-refractivity contribution in [2.24, 2.45) is 0 Å². The lowest BCUT2D eigenvalue weighted by Gasteiger charge is -2.23. The van der Waals surface area contributed by atoms with Crippen LogP contribution < -0.4 is 5.32 Å².